The van der Waals surface area contributed by atoms with Crippen LogP contribution in [0.25, 0.3) is 0 Å². The van der Waals surface area contributed by atoms with E-state index in [0.717, 1.165) is 33.5 Å². The molecule has 0 saturated carbocycles. The molecule has 4 rings (SSSR count). The first kappa shape index (κ1) is 19.5. The lowest BCUT2D eigenvalue weighted by atomic mass is 9.87. The molecule has 2 atom stereocenters. The molecule has 0 aromatic heterocycles. The third-order valence-corrected chi connectivity index (χ3v) is 5.68. The molecular weight excluding hydrogens is 432 g/mol. The maximum Gasteiger partial charge on any atom is 0.338 e. The molecule has 0 spiro atoms. The van der Waals surface area contributed by atoms with Gasteiger partial charge in [-0.2, -0.15) is 0 Å². The monoisotopic (exact) mass is 452 g/mol. The first-order valence-corrected chi connectivity index (χ1v) is 10.2. The number of halogens is 1. The predicted octanol–water partition coefficient (Wildman–Crippen LogP) is 5.61. The Morgan fingerprint density at radius 1 is 1.07 bits per heavy atom. The Morgan fingerprint density at radius 2 is 1.76 bits per heavy atom. The van der Waals surface area contributed by atoms with Crippen LogP contribution in [0.3, 0.4) is 0 Å². The number of carbonyl (C=O) groups is 1. The molecule has 3 aromatic carbocycles. The second-order valence-electron chi connectivity index (χ2n) is 6.97. The number of rotatable bonds is 5. The van der Waals surface area contributed by atoms with Crippen LogP contribution in [-0.4, -0.2) is 19.7 Å². The number of hydrogen-bond acceptors (Lipinski definition) is 4. The van der Waals surface area contributed by atoms with E-state index >= 15 is 0 Å². The first-order valence-electron chi connectivity index (χ1n) is 9.46. The van der Waals surface area contributed by atoms with Gasteiger partial charge in [-0.15, -0.1) is 0 Å². The van der Waals surface area contributed by atoms with Crippen LogP contribution in [0.5, 0.6) is 11.5 Å². The van der Waals surface area contributed by atoms with E-state index in [2.05, 4.69) is 15.9 Å². The van der Waals surface area contributed by atoms with E-state index in [9.17, 15) is 4.79 Å². The van der Waals surface area contributed by atoms with Crippen molar-refractivity contribution in [2.75, 3.05) is 13.7 Å². The van der Waals surface area contributed by atoms with Gasteiger partial charge in [-0.25, -0.2) is 4.79 Å². The van der Waals surface area contributed by atoms with Crippen molar-refractivity contribution >= 4 is 21.9 Å². The maximum absolute atomic E-state index is 12.4. The highest BCUT2D eigenvalue weighted by Crippen LogP contribution is 2.43. The Hall–Kier alpha value is -2.79. The third-order valence-electron chi connectivity index (χ3n) is 5.07. The minimum Gasteiger partial charge on any atom is -0.495 e. The number of methoxy groups -OCH3 is 1. The molecule has 0 saturated heterocycles. The molecule has 0 unspecified atom stereocenters. The standard InChI is InChI=1S/C24H21BrO4/c1-27-22-14-21-18(13-20(22)25)12-19(23(29-21)16-8-4-2-5-9-16)15-28-24(26)17-10-6-3-7-11-17/h2-11,13-14,19,23H,12,15H2,1H3/t19-,23-/m1/s1. The summed E-state index contributed by atoms with van der Waals surface area (Å²) in [5.41, 5.74) is 2.67. The van der Waals surface area contributed by atoms with Crippen molar-refractivity contribution in [3.05, 3.63) is 94.0 Å². The van der Waals surface area contributed by atoms with Gasteiger partial charge < -0.3 is 14.2 Å². The number of benzene rings is 3. The first-order chi connectivity index (χ1) is 14.2. The van der Waals surface area contributed by atoms with Crippen LogP contribution in [0.15, 0.2) is 77.3 Å². The Bertz CT molecular complexity index is 989. The van der Waals surface area contributed by atoms with Gasteiger partial charge in [0.05, 0.1) is 23.8 Å². The van der Waals surface area contributed by atoms with Crippen LogP contribution in [0.1, 0.15) is 27.6 Å². The highest BCUT2D eigenvalue weighted by atomic mass is 79.9. The zero-order valence-electron chi connectivity index (χ0n) is 16.0. The van der Waals surface area contributed by atoms with Crippen molar-refractivity contribution in [3.8, 4) is 11.5 Å². The molecule has 1 heterocycles. The number of ether oxygens (including phenoxy) is 3. The molecule has 148 valence electrons. The van der Waals surface area contributed by atoms with Crippen molar-refractivity contribution in [3.63, 3.8) is 0 Å². The summed E-state index contributed by atoms with van der Waals surface area (Å²) in [6.45, 7) is 0.274. The van der Waals surface area contributed by atoms with E-state index in [-0.39, 0.29) is 24.6 Å². The molecule has 0 aliphatic carbocycles. The van der Waals surface area contributed by atoms with Crippen LogP contribution in [0.4, 0.5) is 0 Å². The molecule has 0 fully saturated rings. The second-order valence-corrected chi connectivity index (χ2v) is 7.83. The second kappa shape index (κ2) is 8.70. The van der Waals surface area contributed by atoms with Gasteiger partial charge >= 0.3 is 5.97 Å². The van der Waals surface area contributed by atoms with Gasteiger partial charge in [0.2, 0.25) is 0 Å². The lowest BCUT2D eigenvalue weighted by Gasteiger charge is -2.34. The van der Waals surface area contributed by atoms with E-state index in [1.165, 1.54) is 0 Å². The van der Waals surface area contributed by atoms with Crippen LogP contribution in [0.2, 0.25) is 0 Å². The van der Waals surface area contributed by atoms with Gasteiger partial charge in [0.25, 0.3) is 0 Å². The zero-order valence-corrected chi connectivity index (χ0v) is 17.6. The molecule has 4 nitrogen and oxygen atoms in total. The lowest BCUT2D eigenvalue weighted by molar-refractivity contribution is 0.0226. The highest BCUT2D eigenvalue weighted by molar-refractivity contribution is 9.10. The summed E-state index contributed by atoms with van der Waals surface area (Å²) in [7, 11) is 1.63. The molecule has 0 bridgehead atoms. The van der Waals surface area contributed by atoms with E-state index in [1.807, 2.05) is 60.7 Å². The summed E-state index contributed by atoms with van der Waals surface area (Å²) in [5.74, 6) is 1.20. The van der Waals surface area contributed by atoms with Gasteiger partial charge in [-0.1, -0.05) is 48.5 Å². The van der Waals surface area contributed by atoms with Crippen molar-refractivity contribution in [1.29, 1.82) is 0 Å². The van der Waals surface area contributed by atoms with Gasteiger partial charge in [-0.05, 0) is 51.7 Å². The van der Waals surface area contributed by atoms with Crippen molar-refractivity contribution in [2.24, 2.45) is 5.92 Å². The van der Waals surface area contributed by atoms with Crippen molar-refractivity contribution in [1.82, 2.24) is 0 Å². The molecule has 0 amide bonds. The third kappa shape index (κ3) is 4.30. The van der Waals surface area contributed by atoms with E-state index in [0.29, 0.717) is 5.56 Å². The fourth-order valence-corrected chi connectivity index (χ4v) is 4.15. The Morgan fingerprint density at radius 3 is 2.45 bits per heavy atom. The van der Waals surface area contributed by atoms with Gasteiger partial charge in [0.15, 0.2) is 0 Å². The number of hydrogen-bond donors (Lipinski definition) is 0. The molecule has 1 aliphatic heterocycles. The summed E-state index contributed by atoms with van der Waals surface area (Å²) in [5, 5.41) is 0. The number of fused-ring (bicyclic) bond motifs is 1. The summed E-state index contributed by atoms with van der Waals surface area (Å²) in [4.78, 5) is 12.4. The maximum atomic E-state index is 12.4. The van der Waals surface area contributed by atoms with Crippen molar-refractivity contribution < 1.29 is 19.0 Å². The minimum absolute atomic E-state index is 0.00198. The summed E-state index contributed by atoms with van der Waals surface area (Å²) < 4.78 is 18.3. The topological polar surface area (TPSA) is 44.8 Å². The van der Waals surface area contributed by atoms with Crippen LogP contribution in [-0.2, 0) is 11.2 Å². The average Bonchev–Trinajstić information content (AvgIpc) is 2.77. The molecule has 1 aliphatic rings. The largest absolute Gasteiger partial charge is 0.495 e. The fourth-order valence-electron chi connectivity index (χ4n) is 3.59. The van der Waals surface area contributed by atoms with E-state index in [1.54, 1.807) is 19.2 Å². The van der Waals surface area contributed by atoms with Crippen LogP contribution >= 0.6 is 15.9 Å². The minimum atomic E-state index is -0.320. The molecule has 5 heteroatoms. The summed E-state index contributed by atoms with van der Waals surface area (Å²) in [6.07, 6.45) is 0.526. The Kier molecular flexibility index (Phi) is 5.86. The van der Waals surface area contributed by atoms with Crippen molar-refractivity contribution in [2.45, 2.75) is 12.5 Å². The SMILES string of the molecule is COc1cc2c(cc1Br)C[C@H](COC(=O)c1ccccc1)[C@@H](c1ccccc1)O2. The van der Waals surface area contributed by atoms with Gasteiger partial charge in [0.1, 0.15) is 17.6 Å². The molecular formula is C24H21BrO4. The highest BCUT2D eigenvalue weighted by Gasteiger charge is 2.33. The lowest BCUT2D eigenvalue weighted by Crippen LogP contribution is -2.30. The normalized spacial score (nSPS) is 17.7. The van der Waals surface area contributed by atoms with Gasteiger partial charge in [-0.3, -0.25) is 0 Å². The van der Waals surface area contributed by atoms with Crippen LogP contribution < -0.4 is 9.47 Å². The average molecular weight is 453 g/mol. The fraction of sp³-hybridized carbons (Fsp3) is 0.208. The smallest absolute Gasteiger partial charge is 0.338 e. The molecule has 0 radical (unpaired) electrons. The number of carbonyl (C=O) groups excluding carboxylic acids is 1. The Labute approximate surface area is 178 Å². The number of esters is 1. The zero-order chi connectivity index (χ0) is 20.2. The quantitative estimate of drug-likeness (QED) is 0.472. The van der Waals surface area contributed by atoms with E-state index < -0.39 is 0 Å². The molecule has 29 heavy (non-hydrogen) atoms. The summed E-state index contributed by atoms with van der Waals surface area (Å²) >= 11 is 3.54. The Balaban J connectivity index is 1.59. The summed E-state index contributed by atoms with van der Waals surface area (Å²) in [6, 6.07) is 23.0. The predicted molar refractivity (Wildman–Crippen MR) is 114 cm³/mol. The van der Waals surface area contributed by atoms with E-state index in [4.69, 9.17) is 14.2 Å². The molecule has 3 aromatic rings. The van der Waals surface area contributed by atoms with Gasteiger partial charge in [0, 0.05) is 12.0 Å². The molecule has 0 N–H and O–H groups in total. The van der Waals surface area contributed by atoms with Crippen LogP contribution in [0, 0.1) is 5.92 Å².